The second-order valence-electron chi connectivity index (χ2n) is 3.54. The Labute approximate surface area is 94.3 Å². The molecule has 0 atom stereocenters. The molecule has 86 valence electrons. The van der Waals surface area contributed by atoms with Gasteiger partial charge in [0, 0.05) is 38.6 Å². The minimum Gasteiger partial charge on any atom is -0.347 e. The first-order chi connectivity index (χ1) is 7.15. The fraction of sp³-hybridized carbons (Fsp3) is 0.778. The Morgan fingerprint density at radius 2 is 1.87 bits per heavy atom. The highest BCUT2D eigenvalue weighted by Gasteiger charge is 2.24. The smallest absolute Gasteiger partial charge is 0.311 e. The molecule has 1 saturated heterocycles. The van der Waals surface area contributed by atoms with Gasteiger partial charge >= 0.3 is 11.8 Å². The number of carbonyl (C=O) groups is 2. The van der Waals surface area contributed by atoms with Crippen LogP contribution in [0.1, 0.15) is 0 Å². The number of amides is 2. The number of halogens is 1. The van der Waals surface area contributed by atoms with Crippen LogP contribution >= 0.6 is 11.6 Å². The van der Waals surface area contributed by atoms with Gasteiger partial charge in [0.15, 0.2) is 0 Å². The summed E-state index contributed by atoms with van der Waals surface area (Å²) in [5, 5.41) is 2.46. The molecule has 0 radical (unpaired) electrons. The van der Waals surface area contributed by atoms with Crippen molar-refractivity contribution >= 4 is 23.4 Å². The third kappa shape index (κ3) is 3.68. The number of hydrogen-bond acceptors (Lipinski definition) is 3. The molecule has 2 amide bonds. The molecular formula is C9H16ClN3O2. The Morgan fingerprint density at radius 3 is 2.40 bits per heavy atom. The summed E-state index contributed by atoms with van der Waals surface area (Å²) < 4.78 is 0. The number of piperazine rings is 1. The maximum atomic E-state index is 11.6. The maximum Gasteiger partial charge on any atom is 0.311 e. The second kappa shape index (κ2) is 5.92. The van der Waals surface area contributed by atoms with Crippen molar-refractivity contribution in [1.29, 1.82) is 0 Å². The number of hydrogen-bond donors (Lipinski definition) is 1. The highest BCUT2D eigenvalue weighted by Crippen LogP contribution is 1.99. The average molecular weight is 234 g/mol. The monoisotopic (exact) mass is 233 g/mol. The van der Waals surface area contributed by atoms with Crippen LogP contribution in [0.25, 0.3) is 0 Å². The van der Waals surface area contributed by atoms with E-state index in [1.165, 1.54) is 0 Å². The molecule has 0 aliphatic carbocycles. The largest absolute Gasteiger partial charge is 0.347 e. The summed E-state index contributed by atoms with van der Waals surface area (Å²) in [6.07, 6.45) is 0. The molecule has 1 heterocycles. The van der Waals surface area contributed by atoms with E-state index < -0.39 is 11.8 Å². The summed E-state index contributed by atoms with van der Waals surface area (Å²) in [4.78, 5) is 26.6. The van der Waals surface area contributed by atoms with E-state index in [0.717, 1.165) is 13.1 Å². The highest BCUT2D eigenvalue weighted by atomic mass is 35.5. The third-order valence-electron chi connectivity index (χ3n) is 2.36. The van der Waals surface area contributed by atoms with Crippen LogP contribution < -0.4 is 5.32 Å². The predicted octanol–water partition coefficient (Wildman–Crippen LogP) is -0.885. The molecule has 1 rings (SSSR count). The summed E-state index contributed by atoms with van der Waals surface area (Å²) in [5.74, 6) is -0.685. The summed E-state index contributed by atoms with van der Waals surface area (Å²) in [6, 6.07) is 0. The molecule has 0 aromatic heterocycles. The lowest BCUT2D eigenvalue weighted by molar-refractivity contribution is -0.146. The zero-order valence-electron chi connectivity index (χ0n) is 8.83. The van der Waals surface area contributed by atoms with Gasteiger partial charge in [-0.25, -0.2) is 0 Å². The van der Waals surface area contributed by atoms with Crippen molar-refractivity contribution in [2.45, 2.75) is 0 Å². The van der Waals surface area contributed by atoms with Crippen molar-refractivity contribution < 1.29 is 9.59 Å². The molecule has 15 heavy (non-hydrogen) atoms. The Hall–Kier alpha value is -0.810. The van der Waals surface area contributed by atoms with E-state index in [2.05, 4.69) is 10.2 Å². The Balaban J connectivity index is 2.36. The summed E-state index contributed by atoms with van der Waals surface area (Å²) in [7, 11) is 2.00. The van der Waals surface area contributed by atoms with Gasteiger partial charge in [-0.05, 0) is 7.05 Å². The zero-order valence-corrected chi connectivity index (χ0v) is 9.59. The van der Waals surface area contributed by atoms with Crippen LogP contribution in [0.5, 0.6) is 0 Å². The molecular weight excluding hydrogens is 218 g/mol. The third-order valence-corrected chi connectivity index (χ3v) is 2.55. The summed E-state index contributed by atoms with van der Waals surface area (Å²) in [5.41, 5.74) is 0. The fourth-order valence-corrected chi connectivity index (χ4v) is 1.48. The molecule has 0 saturated carbocycles. The molecule has 0 spiro atoms. The van der Waals surface area contributed by atoms with Crippen molar-refractivity contribution in [3.63, 3.8) is 0 Å². The molecule has 0 unspecified atom stereocenters. The van der Waals surface area contributed by atoms with E-state index in [1.807, 2.05) is 7.05 Å². The molecule has 1 aliphatic heterocycles. The van der Waals surface area contributed by atoms with Gasteiger partial charge < -0.3 is 15.1 Å². The van der Waals surface area contributed by atoms with Crippen LogP contribution in [0.2, 0.25) is 0 Å². The van der Waals surface area contributed by atoms with Gasteiger partial charge in [-0.1, -0.05) is 0 Å². The lowest BCUT2D eigenvalue weighted by Gasteiger charge is -2.31. The van der Waals surface area contributed by atoms with E-state index in [4.69, 9.17) is 11.6 Å². The second-order valence-corrected chi connectivity index (χ2v) is 3.92. The first-order valence-electron chi connectivity index (χ1n) is 4.96. The number of nitrogens with zero attached hydrogens (tertiary/aromatic N) is 2. The molecule has 5 nitrogen and oxygen atoms in total. The van der Waals surface area contributed by atoms with E-state index >= 15 is 0 Å². The highest BCUT2D eigenvalue weighted by molar-refractivity contribution is 6.35. The number of alkyl halides is 1. The van der Waals surface area contributed by atoms with Gasteiger partial charge in [0.25, 0.3) is 0 Å². The normalized spacial score (nSPS) is 17.6. The SMILES string of the molecule is CN1CCN(C(=O)C(=O)NCCCl)CC1. The van der Waals surface area contributed by atoms with Gasteiger partial charge in [0.1, 0.15) is 0 Å². The van der Waals surface area contributed by atoms with Crippen LogP contribution in [0.4, 0.5) is 0 Å². The Bertz CT molecular complexity index is 240. The molecule has 1 aliphatic rings. The van der Waals surface area contributed by atoms with Crippen molar-refractivity contribution in [2.75, 3.05) is 45.7 Å². The number of likely N-dealkylation sites (N-methyl/N-ethyl adjacent to an activating group) is 1. The average Bonchev–Trinajstić information content (AvgIpc) is 2.26. The van der Waals surface area contributed by atoms with Crippen molar-refractivity contribution in [3.05, 3.63) is 0 Å². The van der Waals surface area contributed by atoms with Crippen molar-refractivity contribution in [2.24, 2.45) is 0 Å². The first kappa shape index (κ1) is 12.3. The number of carbonyl (C=O) groups excluding carboxylic acids is 2. The Kier molecular flexibility index (Phi) is 4.84. The van der Waals surface area contributed by atoms with Gasteiger partial charge in [-0.3, -0.25) is 9.59 Å². The van der Waals surface area contributed by atoms with Gasteiger partial charge in [-0.2, -0.15) is 0 Å². The van der Waals surface area contributed by atoms with Crippen LogP contribution in [0, 0.1) is 0 Å². The Morgan fingerprint density at radius 1 is 1.27 bits per heavy atom. The topological polar surface area (TPSA) is 52.7 Å². The standard InChI is InChI=1S/C9H16ClN3O2/c1-12-4-6-13(7-5-12)9(15)8(14)11-3-2-10/h2-7H2,1H3,(H,11,14). The first-order valence-corrected chi connectivity index (χ1v) is 5.50. The molecule has 0 aromatic rings. The minimum absolute atomic E-state index is 0.321. The zero-order chi connectivity index (χ0) is 11.3. The molecule has 1 fully saturated rings. The van der Waals surface area contributed by atoms with Crippen LogP contribution in [0.3, 0.4) is 0 Å². The summed E-state index contributed by atoms with van der Waals surface area (Å²) in [6.45, 7) is 3.19. The van der Waals surface area contributed by atoms with Gasteiger partial charge in [-0.15, -0.1) is 11.6 Å². The fourth-order valence-electron chi connectivity index (χ4n) is 1.39. The molecule has 0 bridgehead atoms. The lowest BCUT2D eigenvalue weighted by Crippen LogP contribution is -2.51. The molecule has 1 N–H and O–H groups in total. The van der Waals surface area contributed by atoms with Crippen LogP contribution in [-0.2, 0) is 9.59 Å². The van der Waals surface area contributed by atoms with E-state index in [1.54, 1.807) is 4.90 Å². The molecule has 6 heteroatoms. The lowest BCUT2D eigenvalue weighted by atomic mass is 10.3. The number of nitrogens with one attached hydrogen (secondary N) is 1. The molecule has 0 aromatic carbocycles. The summed E-state index contributed by atoms with van der Waals surface area (Å²) >= 11 is 5.41. The maximum absolute atomic E-state index is 11.6. The van der Waals surface area contributed by atoms with E-state index in [-0.39, 0.29) is 0 Å². The number of rotatable bonds is 2. The van der Waals surface area contributed by atoms with Crippen LogP contribution in [-0.4, -0.2) is 67.3 Å². The minimum atomic E-state index is -0.555. The van der Waals surface area contributed by atoms with E-state index in [0.29, 0.717) is 25.5 Å². The van der Waals surface area contributed by atoms with Gasteiger partial charge in [0.05, 0.1) is 0 Å². The van der Waals surface area contributed by atoms with Crippen LogP contribution in [0.15, 0.2) is 0 Å². The van der Waals surface area contributed by atoms with Crippen molar-refractivity contribution in [1.82, 2.24) is 15.1 Å². The van der Waals surface area contributed by atoms with Crippen molar-refractivity contribution in [3.8, 4) is 0 Å². The van der Waals surface area contributed by atoms with E-state index in [9.17, 15) is 9.59 Å². The van der Waals surface area contributed by atoms with Gasteiger partial charge in [0.2, 0.25) is 0 Å². The predicted molar refractivity (Wildman–Crippen MR) is 57.8 cm³/mol. The quantitative estimate of drug-likeness (QED) is 0.498.